The van der Waals surface area contributed by atoms with E-state index in [1.807, 2.05) is 18.2 Å². The van der Waals surface area contributed by atoms with Crippen molar-refractivity contribution >= 4 is 21.8 Å². The van der Waals surface area contributed by atoms with Crippen molar-refractivity contribution in [2.24, 2.45) is 10.9 Å². The highest BCUT2D eigenvalue weighted by Crippen LogP contribution is 2.32. The molecule has 0 atom stereocenters. The fraction of sp³-hybridized carbons (Fsp3) is 0.200. The highest BCUT2D eigenvalue weighted by Gasteiger charge is 2.11. The average Bonchev–Trinajstić information content (AvgIpc) is 2.48. The van der Waals surface area contributed by atoms with Crippen LogP contribution < -0.4 is 10.5 Å². The van der Waals surface area contributed by atoms with Crippen LogP contribution in [0.25, 0.3) is 0 Å². The van der Waals surface area contributed by atoms with Crippen molar-refractivity contribution in [3.05, 3.63) is 52.1 Å². The first-order valence-corrected chi connectivity index (χ1v) is 7.23. The number of amidine groups is 1. The molecule has 1 aromatic carbocycles. The van der Waals surface area contributed by atoms with Crippen molar-refractivity contribution in [1.29, 1.82) is 0 Å². The molecule has 0 aliphatic heterocycles. The molecule has 0 saturated carbocycles. The molecule has 1 heterocycles. The summed E-state index contributed by atoms with van der Waals surface area (Å²) in [5, 5.41) is 11.6. The Labute approximate surface area is 131 Å². The molecule has 0 unspecified atom stereocenters. The molecule has 2 aromatic rings. The van der Waals surface area contributed by atoms with Crippen LogP contribution in [0.3, 0.4) is 0 Å². The molecule has 0 bridgehead atoms. The Bertz CT molecular complexity index is 672. The number of aromatic nitrogens is 1. The Balaban J connectivity index is 2.34. The van der Waals surface area contributed by atoms with Gasteiger partial charge in [0.25, 0.3) is 0 Å². The van der Waals surface area contributed by atoms with Crippen LogP contribution in [0.15, 0.2) is 46.0 Å². The summed E-state index contributed by atoms with van der Waals surface area (Å²) in [6.45, 7) is 4.18. The molecule has 0 fully saturated rings. The molecule has 0 amide bonds. The Morgan fingerprint density at radius 2 is 2.10 bits per heavy atom. The number of ether oxygens (including phenoxy) is 1. The van der Waals surface area contributed by atoms with Crippen LogP contribution in [-0.4, -0.2) is 16.0 Å². The van der Waals surface area contributed by atoms with E-state index < -0.39 is 0 Å². The highest BCUT2D eigenvalue weighted by molar-refractivity contribution is 9.10. The Kier molecular flexibility index (Phi) is 4.80. The van der Waals surface area contributed by atoms with Gasteiger partial charge < -0.3 is 15.7 Å². The Morgan fingerprint density at radius 3 is 2.76 bits per heavy atom. The second-order valence-corrected chi connectivity index (χ2v) is 5.70. The van der Waals surface area contributed by atoms with Gasteiger partial charge in [0.2, 0.25) is 5.88 Å². The van der Waals surface area contributed by atoms with E-state index in [4.69, 9.17) is 15.7 Å². The third-order valence-corrected chi connectivity index (χ3v) is 3.40. The van der Waals surface area contributed by atoms with Crippen LogP contribution in [0.4, 0.5) is 0 Å². The van der Waals surface area contributed by atoms with Gasteiger partial charge in [-0.05, 0) is 35.7 Å². The number of rotatable bonds is 4. The molecule has 0 saturated heterocycles. The summed E-state index contributed by atoms with van der Waals surface area (Å²) in [7, 11) is 0. The number of nitrogens with two attached hydrogens (primary N) is 1. The van der Waals surface area contributed by atoms with E-state index in [9.17, 15) is 0 Å². The monoisotopic (exact) mass is 349 g/mol. The summed E-state index contributed by atoms with van der Waals surface area (Å²) < 4.78 is 6.83. The lowest BCUT2D eigenvalue weighted by Gasteiger charge is -2.14. The number of halogens is 1. The molecule has 2 rings (SSSR count). The van der Waals surface area contributed by atoms with Gasteiger partial charge in [-0.25, -0.2) is 4.98 Å². The summed E-state index contributed by atoms with van der Waals surface area (Å²) in [5.74, 6) is 1.38. The van der Waals surface area contributed by atoms with E-state index in [2.05, 4.69) is 39.9 Å². The maximum Gasteiger partial charge on any atom is 0.219 e. The van der Waals surface area contributed by atoms with E-state index in [0.29, 0.717) is 17.5 Å². The Morgan fingerprint density at radius 1 is 1.33 bits per heavy atom. The predicted molar refractivity (Wildman–Crippen MR) is 85.1 cm³/mol. The SMILES string of the molecule is CC(C)c1cc(Br)ccc1Oc1cccc(/C(N)=N/O)n1. The first kappa shape index (κ1) is 15.3. The second kappa shape index (κ2) is 6.58. The number of hydrogen-bond donors (Lipinski definition) is 2. The van der Waals surface area contributed by atoms with Gasteiger partial charge in [0.1, 0.15) is 11.4 Å². The lowest BCUT2D eigenvalue weighted by atomic mass is 10.0. The maximum absolute atomic E-state index is 8.69. The van der Waals surface area contributed by atoms with E-state index >= 15 is 0 Å². The average molecular weight is 350 g/mol. The summed E-state index contributed by atoms with van der Waals surface area (Å²) in [4.78, 5) is 4.21. The van der Waals surface area contributed by atoms with Crippen LogP contribution >= 0.6 is 15.9 Å². The van der Waals surface area contributed by atoms with E-state index in [1.54, 1.807) is 18.2 Å². The molecule has 110 valence electrons. The molecule has 1 aromatic heterocycles. The van der Waals surface area contributed by atoms with Gasteiger partial charge in [-0.1, -0.05) is 41.0 Å². The number of hydrogen-bond acceptors (Lipinski definition) is 4. The standard InChI is InChI=1S/C15H16BrN3O2/c1-9(2)11-8-10(16)6-7-13(11)21-14-5-3-4-12(18-14)15(17)19-20/h3-9,20H,1-2H3,(H2,17,19). The van der Waals surface area contributed by atoms with Crippen molar-refractivity contribution in [3.63, 3.8) is 0 Å². The Hall–Kier alpha value is -2.08. The molecular formula is C15H16BrN3O2. The molecule has 6 heteroatoms. The third-order valence-electron chi connectivity index (χ3n) is 2.90. The number of benzene rings is 1. The second-order valence-electron chi connectivity index (χ2n) is 4.79. The van der Waals surface area contributed by atoms with E-state index in [0.717, 1.165) is 15.8 Å². The van der Waals surface area contributed by atoms with Gasteiger partial charge in [-0.3, -0.25) is 0 Å². The zero-order valence-electron chi connectivity index (χ0n) is 11.7. The minimum Gasteiger partial charge on any atom is -0.439 e. The smallest absolute Gasteiger partial charge is 0.219 e. The summed E-state index contributed by atoms with van der Waals surface area (Å²) in [5.41, 5.74) is 6.96. The molecule has 0 aliphatic rings. The predicted octanol–water partition coefficient (Wildman–Crippen LogP) is 3.85. The zero-order valence-corrected chi connectivity index (χ0v) is 13.3. The van der Waals surface area contributed by atoms with E-state index in [-0.39, 0.29) is 5.84 Å². The molecule has 0 aliphatic carbocycles. The minimum atomic E-state index is -0.0552. The van der Waals surface area contributed by atoms with Crippen molar-refractivity contribution in [1.82, 2.24) is 4.98 Å². The number of pyridine rings is 1. The van der Waals surface area contributed by atoms with Gasteiger partial charge in [-0.15, -0.1) is 0 Å². The summed E-state index contributed by atoms with van der Waals surface area (Å²) in [6, 6.07) is 10.9. The van der Waals surface area contributed by atoms with Gasteiger partial charge >= 0.3 is 0 Å². The lowest BCUT2D eigenvalue weighted by Crippen LogP contribution is -2.15. The number of nitrogens with zero attached hydrogens (tertiary/aromatic N) is 2. The fourth-order valence-electron chi connectivity index (χ4n) is 1.84. The van der Waals surface area contributed by atoms with Gasteiger partial charge in [-0.2, -0.15) is 0 Å². The summed E-state index contributed by atoms with van der Waals surface area (Å²) >= 11 is 3.46. The van der Waals surface area contributed by atoms with Crippen molar-refractivity contribution in [3.8, 4) is 11.6 Å². The van der Waals surface area contributed by atoms with Crippen LogP contribution in [0.5, 0.6) is 11.6 Å². The van der Waals surface area contributed by atoms with Gasteiger partial charge in [0.15, 0.2) is 5.84 Å². The quantitative estimate of drug-likeness (QED) is 0.380. The maximum atomic E-state index is 8.69. The normalized spacial score (nSPS) is 11.7. The van der Waals surface area contributed by atoms with Crippen molar-refractivity contribution in [2.75, 3.05) is 0 Å². The van der Waals surface area contributed by atoms with Gasteiger partial charge in [0, 0.05) is 10.5 Å². The fourth-order valence-corrected chi connectivity index (χ4v) is 2.22. The van der Waals surface area contributed by atoms with Crippen LogP contribution in [0.2, 0.25) is 0 Å². The molecular weight excluding hydrogens is 334 g/mol. The van der Waals surface area contributed by atoms with Crippen molar-refractivity contribution < 1.29 is 9.94 Å². The first-order chi connectivity index (χ1) is 10.0. The third kappa shape index (κ3) is 3.72. The minimum absolute atomic E-state index is 0.0552. The molecule has 0 spiro atoms. The topological polar surface area (TPSA) is 80.7 Å². The largest absolute Gasteiger partial charge is 0.439 e. The molecule has 3 N–H and O–H groups in total. The zero-order chi connectivity index (χ0) is 15.4. The van der Waals surface area contributed by atoms with Gasteiger partial charge in [0.05, 0.1) is 0 Å². The molecule has 0 radical (unpaired) electrons. The van der Waals surface area contributed by atoms with E-state index in [1.165, 1.54) is 0 Å². The number of oxime groups is 1. The van der Waals surface area contributed by atoms with Crippen LogP contribution in [0, 0.1) is 0 Å². The molecule has 21 heavy (non-hydrogen) atoms. The first-order valence-electron chi connectivity index (χ1n) is 6.43. The van der Waals surface area contributed by atoms with Crippen molar-refractivity contribution in [2.45, 2.75) is 19.8 Å². The summed E-state index contributed by atoms with van der Waals surface area (Å²) in [6.07, 6.45) is 0. The van der Waals surface area contributed by atoms with Crippen LogP contribution in [-0.2, 0) is 0 Å². The highest BCUT2D eigenvalue weighted by atomic mass is 79.9. The lowest BCUT2D eigenvalue weighted by molar-refractivity contribution is 0.318. The van der Waals surface area contributed by atoms with Crippen LogP contribution in [0.1, 0.15) is 31.0 Å². The molecule has 5 nitrogen and oxygen atoms in total.